The number of fused-ring (bicyclic) bond motifs is 3. The summed E-state index contributed by atoms with van der Waals surface area (Å²) < 4.78 is 2.35. The second-order valence-corrected chi connectivity index (χ2v) is 9.42. The van der Waals surface area contributed by atoms with Crippen molar-refractivity contribution in [1.29, 1.82) is 0 Å². The molecule has 2 aromatic carbocycles. The third-order valence-electron chi connectivity index (χ3n) is 6.53. The fourth-order valence-electron chi connectivity index (χ4n) is 4.67. The molecule has 1 aliphatic heterocycles. The van der Waals surface area contributed by atoms with Crippen LogP contribution in [-0.4, -0.2) is 71.4 Å². The zero-order valence-corrected chi connectivity index (χ0v) is 20.2. The van der Waals surface area contributed by atoms with Gasteiger partial charge in [0.1, 0.15) is 0 Å². The van der Waals surface area contributed by atoms with Crippen LogP contribution >= 0.6 is 0 Å². The van der Waals surface area contributed by atoms with E-state index in [0.717, 1.165) is 48.9 Å². The van der Waals surface area contributed by atoms with Crippen molar-refractivity contribution < 1.29 is 15.1 Å². The number of hydrogen-bond donors (Lipinski definition) is 4. The van der Waals surface area contributed by atoms with Gasteiger partial charge in [-0.3, -0.25) is 4.79 Å². The molecule has 1 aromatic heterocycles. The van der Waals surface area contributed by atoms with Crippen LogP contribution in [-0.2, 0) is 19.5 Å². The Labute approximate surface area is 200 Å². The van der Waals surface area contributed by atoms with Gasteiger partial charge in [-0.1, -0.05) is 24.3 Å². The van der Waals surface area contributed by atoms with E-state index in [0.29, 0.717) is 24.2 Å². The van der Waals surface area contributed by atoms with Gasteiger partial charge >= 0.3 is 0 Å². The predicted molar refractivity (Wildman–Crippen MR) is 133 cm³/mol. The summed E-state index contributed by atoms with van der Waals surface area (Å²) >= 11 is 0. The van der Waals surface area contributed by atoms with Crippen molar-refractivity contribution in [3.63, 3.8) is 0 Å². The van der Waals surface area contributed by atoms with E-state index in [4.69, 9.17) is 5.21 Å². The van der Waals surface area contributed by atoms with Gasteiger partial charge in [-0.2, -0.15) is 5.48 Å². The average molecular weight is 466 g/mol. The maximum Gasteiger partial charge on any atom is 0.251 e. The zero-order chi connectivity index (χ0) is 24.2. The molecule has 1 amide bonds. The number of carbonyl (C=O) groups excluding carboxylic acids is 1. The lowest BCUT2D eigenvalue weighted by Crippen LogP contribution is -2.27. The van der Waals surface area contributed by atoms with Gasteiger partial charge in [-0.25, -0.2) is 0 Å². The number of benzene rings is 2. The SMILES string of the molecule is CN(C)CCCNC(=O)c1ccc2c(c1)c1c(n2Cc2ccc(C(O)NO)cc2)CCN(C)C1. The molecule has 34 heavy (non-hydrogen) atoms. The fraction of sp³-hybridized carbons (Fsp3) is 0.423. The molecule has 1 atom stereocenters. The summed E-state index contributed by atoms with van der Waals surface area (Å²) in [5, 5.41) is 22.9. The second-order valence-electron chi connectivity index (χ2n) is 9.42. The Hall–Kier alpha value is -2.75. The van der Waals surface area contributed by atoms with Gasteiger partial charge in [0, 0.05) is 54.8 Å². The summed E-state index contributed by atoms with van der Waals surface area (Å²) in [7, 11) is 6.20. The molecule has 182 valence electrons. The summed E-state index contributed by atoms with van der Waals surface area (Å²) in [5.41, 5.74) is 8.01. The molecule has 1 unspecified atom stereocenters. The van der Waals surface area contributed by atoms with Gasteiger partial charge in [-0.05, 0) is 69.0 Å². The summed E-state index contributed by atoms with van der Waals surface area (Å²) in [6.45, 7) is 4.16. The number of aliphatic hydroxyl groups excluding tert-OH is 1. The molecule has 0 radical (unpaired) electrons. The van der Waals surface area contributed by atoms with Crippen molar-refractivity contribution in [2.24, 2.45) is 0 Å². The number of nitrogens with zero attached hydrogens (tertiary/aromatic N) is 3. The lowest BCUT2D eigenvalue weighted by molar-refractivity contribution is 0.000692. The fourth-order valence-corrected chi connectivity index (χ4v) is 4.67. The van der Waals surface area contributed by atoms with E-state index in [2.05, 4.69) is 32.8 Å². The van der Waals surface area contributed by atoms with Crippen LogP contribution in [0.25, 0.3) is 10.9 Å². The van der Waals surface area contributed by atoms with Crippen molar-refractivity contribution in [1.82, 2.24) is 25.2 Å². The van der Waals surface area contributed by atoms with E-state index in [1.165, 1.54) is 11.3 Å². The smallest absolute Gasteiger partial charge is 0.251 e. The normalized spacial score (nSPS) is 15.0. The third-order valence-corrected chi connectivity index (χ3v) is 6.53. The molecule has 2 heterocycles. The first-order chi connectivity index (χ1) is 16.4. The first kappa shape index (κ1) is 24.4. The number of aliphatic hydroxyl groups is 1. The van der Waals surface area contributed by atoms with Crippen molar-refractivity contribution in [3.05, 3.63) is 70.4 Å². The highest BCUT2D eigenvalue weighted by Gasteiger charge is 2.23. The average Bonchev–Trinajstić information content (AvgIpc) is 3.13. The molecular weight excluding hydrogens is 430 g/mol. The molecule has 1 aliphatic rings. The minimum atomic E-state index is -1.10. The lowest BCUT2D eigenvalue weighted by Gasteiger charge is -2.24. The number of hydrogen-bond acceptors (Lipinski definition) is 6. The molecule has 0 fully saturated rings. The van der Waals surface area contributed by atoms with Crippen LogP contribution < -0.4 is 10.8 Å². The first-order valence-corrected chi connectivity index (χ1v) is 11.8. The number of likely N-dealkylation sites (N-methyl/N-ethyl adjacent to an activating group) is 1. The molecule has 0 aliphatic carbocycles. The number of rotatable bonds is 9. The Kier molecular flexibility index (Phi) is 7.65. The molecular formula is C26H35N5O3. The molecule has 0 saturated heterocycles. The van der Waals surface area contributed by atoms with Crippen LogP contribution in [0.15, 0.2) is 42.5 Å². The molecule has 0 spiro atoms. The Morgan fingerprint density at radius 3 is 2.65 bits per heavy atom. The Morgan fingerprint density at radius 1 is 1.18 bits per heavy atom. The summed E-state index contributed by atoms with van der Waals surface area (Å²) in [4.78, 5) is 17.2. The summed E-state index contributed by atoms with van der Waals surface area (Å²) in [6.07, 6.45) is 0.775. The van der Waals surface area contributed by atoms with Gasteiger partial charge in [0.05, 0.1) is 0 Å². The highest BCUT2D eigenvalue weighted by Crippen LogP contribution is 2.32. The molecule has 3 aromatic rings. The number of aromatic nitrogens is 1. The van der Waals surface area contributed by atoms with E-state index in [1.54, 1.807) is 0 Å². The minimum absolute atomic E-state index is 0.0297. The van der Waals surface area contributed by atoms with E-state index in [1.807, 2.05) is 56.0 Å². The summed E-state index contributed by atoms with van der Waals surface area (Å²) in [5.74, 6) is -0.0297. The first-order valence-electron chi connectivity index (χ1n) is 11.8. The maximum absolute atomic E-state index is 12.8. The monoisotopic (exact) mass is 465 g/mol. The maximum atomic E-state index is 12.8. The van der Waals surface area contributed by atoms with Gasteiger partial charge < -0.3 is 30.0 Å². The van der Waals surface area contributed by atoms with E-state index >= 15 is 0 Å². The van der Waals surface area contributed by atoms with E-state index in [9.17, 15) is 9.90 Å². The molecule has 4 rings (SSSR count). The van der Waals surface area contributed by atoms with Crippen molar-refractivity contribution in [2.75, 3.05) is 40.8 Å². The molecule has 0 saturated carbocycles. The van der Waals surface area contributed by atoms with Crippen LogP contribution in [0.2, 0.25) is 0 Å². The quantitative estimate of drug-likeness (QED) is 0.220. The van der Waals surface area contributed by atoms with Crippen molar-refractivity contribution >= 4 is 16.8 Å². The highest BCUT2D eigenvalue weighted by molar-refractivity contribution is 5.99. The van der Waals surface area contributed by atoms with Crippen LogP contribution in [0.3, 0.4) is 0 Å². The predicted octanol–water partition coefficient (Wildman–Crippen LogP) is 2.33. The van der Waals surface area contributed by atoms with Gasteiger partial charge in [0.2, 0.25) is 0 Å². The molecule has 4 N–H and O–H groups in total. The third kappa shape index (κ3) is 5.32. The number of hydroxylamine groups is 1. The second kappa shape index (κ2) is 10.7. The van der Waals surface area contributed by atoms with Gasteiger partial charge in [-0.15, -0.1) is 0 Å². The standard InChI is InChI=1S/C26H35N5O3/c1-29(2)13-4-12-27-25(32)20-9-10-23-21(15-20)22-17-30(3)14-11-24(22)31(23)16-18-5-7-19(8-6-18)26(33)28-34/h5-10,15,26,28,33-34H,4,11-14,16-17H2,1-3H3,(H,27,32). The van der Waals surface area contributed by atoms with Crippen LogP contribution in [0, 0.1) is 0 Å². The van der Waals surface area contributed by atoms with Crippen molar-refractivity contribution in [2.45, 2.75) is 32.2 Å². The Bertz CT molecular complexity index is 1140. The molecule has 8 nitrogen and oxygen atoms in total. The number of amides is 1. The zero-order valence-electron chi connectivity index (χ0n) is 20.2. The van der Waals surface area contributed by atoms with Crippen LogP contribution in [0.4, 0.5) is 0 Å². The van der Waals surface area contributed by atoms with Crippen LogP contribution in [0.1, 0.15) is 45.4 Å². The van der Waals surface area contributed by atoms with Gasteiger partial charge in [0.15, 0.2) is 6.23 Å². The number of nitrogens with one attached hydrogen (secondary N) is 2. The van der Waals surface area contributed by atoms with Gasteiger partial charge in [0.25, 0.3) is 5.91 Å². The molecule has 8 heteroatoms. The Morgan fingerprint density at radius 2 is 1.94 bits per heavy atom. The summed E-state index contributed by atoms with van der Waals surface area (Å²) in [6, 6.07) is 13.6. The topological polar surface area (TPSA) is 93.0 Å². The minimum Gasteiger partial charge on any atom is -0.372 e. The lowest BCUT2D eigenvalue weighted by atomic mass is 10.0. The molecule has 0 bridgehead atoms. The Balaban J connectivity index is 1.62. The highest BCUT2D eigenvalue weighted by atomic mass is 16.5. The van der Waals surface area contributed by atoms with Crippen molar-refractivity contribution in [3.8, 4) is 0 Å². The number of carbonyl (C=O) groups is 1. The van der Waals surface area contributed by atoms with E-state index < -0.39 is 6.23 Å². The van der Waals surface area contributed by atoms with E-state index in [-0.39, 0.29) is 5.91 Å². The largest absolute Gasteiger partial charge is 0.372 e. The van der Waals surface area contributed by atoms with Crippen LogP contribution in [0.5, 0.6) is 0 Å².